The third kappa shape index (κ3) is 5.19. The molecule has 0 amide bonds. The minimum atomic E-state index is -1.10. The van der Waals surface area contributed by atoms with E-state index in [0.29, 0.717) is 6.54 Å². The minimum absolute atomic E-state index is 0.0454. The summed E-state index contributed by atoms with van der Waals surface area (Å²) < 4.78 is 5.30. The Morgan fingerprint density at radius 1 is 1.63 bits per heavy atom. The van der Waals surface area contributed by atoms with E-state index in [4.69, 9.17) is 4.74 Å². The molecule has 0 aliphatic heterocycles. The van der Waals surface area contributed by atoms with Crippen LogP contribution in [0.2, 0.25) is 0 Å². The van der Waals surface area contributed by atoms with Crippen molar-refractivity contribution in [1.82, 2.24) is 10.3 Å². The SMILES string of the molecule is CCCNCC(C)(O)COc1cccnc1[N+](=O)[O-]. The van der Waals surface area contributed by atoms with Crippen LogP contribution in [-0.2, 0) is 0 Å². The highest BCUT2D eigenvalue weighted by Gasteiger charge is 2.23. The van der Waals surface area contributed by atoms with Gasteiger partial charge in [0.25, 0.3) is 0 Å². The fourth-order valence-electron chi connectivity index (χ4n) is 1.45. The quantitative estimate of drug-likeness (QED) is 0.417. The van der Waals surface area contributed by atoms with Crippen molar-refractivity contribution in [3.63, 3.8) is 0 Å². The van der Waals surface area contributed by atoms with E-state index < -0.39 is 10.5 Å². The van der Waals surface area contributed by atoms with E-state index in [1.165, 1.54) is 12.3 Å². The molecule has 1 aromatic rings. The summed E-state index contributed by atoms with van der Waals surface area (Å²) in [6.45, 7) is 4.74. The van der Waals surface area contributed by atoms with E-state index in [9.17, 15) is 15.2 Å². The van der Waals surface area contributed by atoms with Crippen molar-refractivity contribution in [1.29, 1.82) is 0 Å². The Bertz CT molecular complexity index is 423. The topological polar surface area (TPSA) is 97.5 Å². The zero-order chi connectivity index (χ0) is 14.3. The lowest BCUT2D eigenvalue weighted by atomic mass is 10.1. The molecule has 106 valence electrons. The molecule has 1 rings (SSSR count). The normalized spacial score (nSPS) is 13.8. The molecular weight excluding hydrogens is 250 g/mol. The first-order chi connectivity index (χ1) is 8.96. The molecule has 0 spiro atoms. The number of rotatable bonds is 8. The molecule has 7 nitrogen and oxygen atoms in total. The third-order valence-corrected chi connectivity index (χ3v) is 2.40. The van der Waals surface area contributed by atoms with Crippen LogP contribution in [0.3, 0.4) is 0 Å². The molecule has 1 atom stereocenters. The monoisotopic (exact) mass is 269 g/mol. The van der Waals surface area contributed by atoms with Crippen molar-refractivity contribution in [3.8, 4) is 5.75 Å². The minimum Gasteiger partial charge on any atom is -0.483 e. The van der Waals surface area contributed by atoms with Crippen LogP contribution in [0.15, 0.2) is 18.3 Å². The van der Waals surface area contributed by atoms with Crippen molar-refractivity contribution < 1.29 is 14.8 Å². The van der Waals surface area contributed by atoms with Crippen molar-refractivity contribution in [3.05, 3.63) is 28.4 Å². The third-order valence-electron chi connectivity index (χ3n) is 2.40. The van der Waals surface area contributed by atoms with E-state index >= 15 is 0 Å². The molecule has 0 fully saturated rings. The predicted octanol–water partition coefficient (Wildman–Crippen LogP) is 1.12. The van der Waals surface area contributed by atoms with Gasteiger partial charge in [-0.25, -0.2) is 0 Å². The molecule has 1 unspecified atom stereocenters. The molecule has 0 saturated carbocycles. The Morgan fingerprint density at radius 2 is 2.37 bits per heavy atom. The maximum Gasteiger partial charge on any atom is 0.406 e. The van der Waals surface area contributed by atoms with Crippen LogP contribution in [0.25, 0.3) is 0 Å². The second kappa shape index (κ2) is 7.01. The second-order valence-electron chi connectivity index (χ2n) is 4.54. The zero-order valence-corrected chi connectivity index (χ0v) is 11.1. The number of hydrogen-bond acceptors (Lipinski definition) is 6. The average Bonchev–Trinajstić information content (AvgIpc) is 2.37. The van der Waals surface area contributed by atoms with Gasteiger partial charge < -0.3 is 25.3 Å². The summed E-state index contributed by atoms with van der Waals surface area (Å²) in [6, 6.07) is 3.01. The van der Waals surface area contributed by atoms with Gasteiger partial charge in [-0.15, -0.1) is 0 Å². The molecule has 0 aliphatic rings. The van der Waals surface area contributed by atoms with E-state index in [-0.39, 0.29) is 18.2 Å². The standard InChI is InChI=1S/C12H19N3O4/c1-3-6-13-8-12(2,16)9-19-10-5-4-7-14-11(10)15(17)18/h4-5,7,13,16H,3,6,8-9H2,1-2H3. The lowest BCUT2D eigenvalue weighted by Gasteiger charge is -2.23. The average molecular weight is 269 g/mol. The second-order valence-corrected chi connectivity index (χ2v) is 4.54. The lowest BCUT2D eigenvalue weighted by Crippen LogP contribution is -2.43. The molecule has 0 aliphatic carbocycles. The number of nitro groups is 1. The number of aromatic nitrogens is 1. The summed E-state index contributed by atoms with van der Waals surface area (Å²) in [4.78, 5) is 13.8. The Kier molecular flexibility index (Phi) is 5.65. The largest absolute Gasteiger partial charge is 0.483 e. The molecule has 7 heteroatoms. The van der Waals surface area contributed by atoms with Crippen LogP contribution in [-0.4, -0.2) is 40.3 Å². The summed E-state index contributed by atoms with van der Waals surface area (Å²) in [5.74, 6) is -0.289. The highest BCUT2D eigenvalue weighted by molar-refractivity contribution is 5.38. The Balaban J connectivity index is 2.58. The van der Waals surface area contributed by atoms with Crippen LogP contribution >= 0.6 is 0 Å². The number of nitrogens with one attached hydrogen (secondary N) is 1. The maximum atomic E-state index is 10.7. The van der Waals surface area contributed by atoms with Crippen molar-refractivity contribution >= 4 is 5.82 Å². The summed E-state index contributed by atoms with van der Waals surface area (Å²) in [5, 5.41) is 23.9. The van der Waals surface area contributed by atoms with Crippen molar-refractivity contribution in [2.75, 3.05) is 19.7 Å². The highest BCUT2D eigenvalue weighted by atomic mass is 16.6. The smallest absolute Gasteiger partial charge is 0.406 e. The predicted molar refractivity (Wildman–Crippen MR) is 70.2 cm³/mol. The molecule has 0 bridgehead atoms. The van der Waals surface area contributed by atoms with E-state index in [1.54, 1.807) is 13.0 Å². The first-order valence-electron chi connectivity index (χ1n) is 6.11. The van der Waals surface area contributed by atoms with Crippen molar-refractivity contribution in [2.24, 2.45) is 0 Å². The number of pyridine rings is 1. The number of nitrogens with zero attached hydrogens (tertiary/aromatic N) is 2. The van der Waals surface area contributed by atoms with E-state index in [0.717, 1.165) is 13.0 Å². The summed E-state index contributed by atoms with van der Waals surface area (Å²) in [7, 11) is 0. The maximum absolute atomic E-state index is 10.7. The lowest BCUT2D eigenvalue weighted by molar-refractivity contribution is -0.390. The summed E-state index contributed by atoms with van der Waals surface area (Å²) >= 11 is 0. The number of ether oxygens (including phenoxy) is 1. The number of aliphatic hydroxyl groups is 1. The van der Waals surface area contributed by atoms with E-state index in [2.05, 4.69) is 10.3 Å². The number of hydrogen-bond donors (Lipinski definition) is 2. The van der Waals surface area contributed by atoms with Gasteiger partial charge in [0.2, 0.25) is 5.75 Å². The zero-order valence-electron chi connectivity index (χ0n) is 11.1. The highest BCUT2D eigenvalue weighted by Crippen LogP contribution is 2.23. The van der Waals surface area contributed by atoms with Gasteiger partial charge in [-0.2, -0.15) is 0 Å². The van der Waals surface area contributed by atoms with Crippen LogP contribution in [0.5, 0.6) is 5.75 Å². The Morgan fingerprint density at radius 3 is 3.00 bits per heavy atom. The molecule has 19 heavy (non-hydrogen) atoms. The molecule has 1 heterocycles. The molecule has 2 N–H and O–H groups in total. The van der Waals surface area contributed by atoms with Gasteiger partial charge in [-0.1, -0.05) is 6.92 Å². The first-order valence-corrected chi connectivity index (χ1v) is 6.11. The molecule has 0 aromatic carbocycles. The fourth-order valence-corrected chi connectivity index (χ4v) is 1.45. The summed E-state index contributed by atoms with van der Waals surface area (Å²) in [6.07, 6.45) is 2.29. The van der Waals surface area contributed by atoms with Crippen LogP contribution in [0.1, 0.15) is 20.3 Å². The molecular formula is C12H19N3O4. The molecule has 0 radical (unpaired) electrons. The Hall–Kier alpha value is -1.73. The van der Waals surface area contributed by atoms with Gasteiger partial charge in [-0.3, -0.25) is 0 Å². The van der Waals surface area contributed by atoms with Crippen molar-refractivity contribution in [2.45, 2.75) is 25.9 Å². The fraction of sp³-hybridized carbons (Fsp3) is 0.583. The van der Waals surface area contributed by atoms with Gasteiger partial charge in [0.15, 0.2) is 0 Å². The van der Waals surface area contributed by atoms with Gasteiger partial charge in [0.1, 0.15) is 18.4 Å². The molecule has 1 aromatic heterocycles. The van der Waals surface area contributed by atoms with Gasteiger partial charge in [0.05, 0.1) is 0 Å². The first kappa shape index (κ1) is 15.3. The van der Waals surface area contributed by atoms with Gasteiger partial charge in [-0.05, 0) is 41.9 Å². The molecule has 0 saturated heterocycles. The van der Waals surface area contributed by atoms with Gasteiger partial charge >= 0.3 is 5.82 Å². The van der Waals surface area contributed by atoms with Crippen LogP contribution in [0, 0.1) is 10.1 Å². The van der Waals surface area contributed by atoms with E-state index in [1.807, 2.05) is 6.92 Å². The van der Waals surface area contributed by atoms with Crippen LogP contribution in [0.4, 0.5) is 5.82 Å². The Labute approximate surface area is 111 Å². The van der Waals surface area contributed by atoms with Gasteiger partial charge in [0, 0.05) is 6.54 Å². The summed E-state index contributed by atoms with van der Waals surface area (Å²) in [5.41, 5.74) is -1.10. The van der Waals surface area contributed by atoms with Crippen LogP contribution < -0.4 is 10.1 Å².